The van der Waals surface area contributed by atoms with Crippen molar-refractivity contribution in [1.29, 1.82) is 0 Å². The van der Waals surface area contributed by atoms with Crippen LogP contribution in [0.3, 0.4) is 0 Å². The van der Waals surface area contributed by atoms with Gasteiger partial charge in [-0.3, -0.25) is 4.79 Å². The fourth-order valence-corrected chi connectivity index (χ4v) is 3.18. The molecule has 1 fully saturated rings. The molecule has 1 aromatic heterocycles. The van der Waals surface area contributed by atoms with Crippen molar-refractivity contribution in [3.63, 3.8) is 0 Å². The van der Waals surface area contributed by atoms with E-state index in [2.05, 4.69) is 24.2 Å². The molecular weight excluding hydrogens is 274 g/mol. The minimum atomic E-state index is -0.00579. The van der Waals surface area contributed by atoms with Crippen molar-refractivity contribution >= 4 is 0 Å². The maximum absolute atomic E-state index is 12.1. The fourth-order valence-electron chi connectivity index (χ4n) is 3.18. The Bertz CT molecular complexity index is 687. The average Bonchev–Trinajstić information content (AvgIpc) is 2.56. The Morgan fingerprint density at radius 2 is 1.86 bits per heavy atom. The largest absolute Gasteiger partial charge is 0.333 e. The van der Waals surface area contributed by atoms with Gasteiger partial charge in [-0.2, -0.15) is 5.10 Å². The molecule has 1 saturated heterocycles. The summed E-state index contributed by atoms with van der Waals surface area (Å²) in [6.45, 7) is 6.22. The highest BCUT2D eigenvalue weighted by atomic mass is 16.1. The predicted octanol–water partition coefficient (Wildman–Crippen LogP) is 1.29. The first-order chi connectivity index (χ1) is 10.7. The van der Waals surface area contributed by atoms with Crippen molar-refractivity contribution < 1.29 is 4.90 Å². The molecule has 0 spiro atoms. The third kappa shape index (κ3) is 3.45. The normalized spacial score (nSPS) is 15.9. The van der Waals surface area contributed by atoms with Crippen LogP contribution in [0.2, 0.25) is 0 Å². The van der Waals surface area contributed by atoms with Crippen LogP contribution in [0.5, 0.6) is 0 Å². The van der Waals surface area contributed by atoms with Crippen molar-refractivity contribution in [3.05, 3.63) is 52.3 Å². The molecule has 4 heteroatoms. The van der Waals surface area contributed by atoms with Crippen LogP contribution in [-0.4, -0.2) is 29.4 Å². The molecule has 0 amide bonds. The van der Waals surface area contributed by atoms with Gasteiger partial charge in [0.05, 0.1) is 31.9 Å². The van der Waals surface area contributed by atoms with Crippen molar-refractivity contribution in [1.82, 2.24) is 9.78 Å². The van der Waals surface area contributed by atoms with E-state index in [-0.39, 0.29) is 5.56 Å². The Balaban J connectivity index is 1.78. The molecule has 0 unspecified atom stereocenters. The Morgan fingerprint density at radius 3 is 2.64 bits per heavy atom. The number of nitrogens with one attached hydrogen (secondary N) is 1. The lowest BCUT2D eigenvalue weighted by molar-refractivity contribution is -0.905. The molecule has 0 aliphatic carbocycles. The Hall–Kier alpha value is -1.94. The van der Waals surface area contributed by atoms with E-state index in [1.807, 2.05) is 18.2 Å². The first-order valence-corrected chi connectivity index (χ1v) is 8.22. The van der Waals surface area contributed by atoms with Gasteiger partial charge in [0, 0.05) is 11.6 Å². The van der Waals surface area contributed by atoms with Gasteiger partial charge in [0.1, 0.15) is 0 Å². The molecule has 22 heavy (non-hydrogen) atoms. The number of hydrogen-bond donors (Lipinski definition) is 1. The van der Waals surface area contributed by atoms with Gasteiger partial charge in [0.25, 0.3) is 5.56 Å². The lowest BCUT2D eigenvalue weighted by atomic mass is 10.1. The number of benzene rings is 1. The molecule has 0 saturated carbocycles. The molecule has 4 nitrogen and oxygen atoms in total. The minimum Gasteiger partial charge on any atom is -0.333 e. The van der Waals surface area contributed by atoms with Crippen molar-refractivity contribution in [3.8, 4) is 11.3 Å². The molecule has 0 bridgehead atoms. The molecule has 3 rings (SSSR count). The third-order valence-electron chi connectivity index (χ3n) is 4.53. The zero-order valence-electron chi connectivity index (χ0n) is 13.2. The summed E-state index contributed by atoms with van der Waals surface area (Å²) in [5.41, 5.74) is 3.16. The van der Waals surface area contributed by atoms with Crippen molar-refractivity contribution in [2.75, 3.05) is 19.6 Å². The van der Waals surface area contributed by atoms with Gasteiger partial charge in [-0.05, 0) is 37.8 Å². The van der Waals surface area contributed by atoms with Gasteiger partial charge >= 0.3 is 0 Å². The molecule has 1 aliphatic heterocycles. The summed E-state index contributed by atoms with van der Waals surface area (Å²) in [4.78, 5) is 13.6. The van der Waals surface area contributed by atoms with Crippen LogP contribution in [0.4, 0.5) is 0 Å². The van der Waals surface area contributed by atoms with Crippen LogP contribution in [0, 0.1) is 6.92 Å². The fraction of sp³-hybridized carbons (Fsp3) is 0.444. The van der Waals surface area contributed by atoms with Gasteiger partial charge in [-0.15, -0.1) is 0 Å². The molecule has 1 aliphatic rings. The van der Waals surface area contributed by atoms with E-state index >= 15 is 0 Å². The molecule has 1 aromatic carbocycles. The number of hydrogen-bond acceptors (Lipinski definition) is 2. The zero-order valence-corrected chi connectivity index (χ0v) is 13.2. The Labute approximate surface area is 131 Å². The van der Waals surface area contributed by atoms with Gasteiger partial charge in [0.15, 0.2) is 0 Å². The Kier molecular flexibility index (Phi) is 4.68. The van der Waals surface area contributed by atoms with Crippen LogP contribution >= 0.6 is 0 Å². The SMILES string of the molecule is Cc1ccccc1-c1ccc(=O)n(CC[NH+]2CCCCC2)n1. The molecule has 2 aromatic rings. The quantitative estimate of drug-likeness (QED) is 0.924. The van der Waals surface area contributed by atoms with E-state index < -0.39 is 0 Å². The summed E-state index contributed by atoms with van der Waals surface area (Å²) >= 11 is 0. The highest BCUT2D eigenvalue weighted by Gasteiger charge is 2.14. The van der Waals surface area contributed by atoms with Gasteiger partial charge in [-0.1, -0.05) is 24.3 Å². The van der Waals surface area contributed by atoms with Crippen LogP contribution in [0.1, 0.15) is 24.8 Å². The molecule has 0 radical (unpaired) electrons. The second kappa shape index (κ2) is 6.88. The summed E-state index contributed by atoms with van der Waals surface area (Å²) < 4.78 is 1.63. The third-order valence-corrected chi connectivity index (χ3v) is 4.53. The lowest BCUT2D eigenvalue weighted by Crippen LogP contribution is -3.13. The zero-order chi connectivity index (χ0) is 15.4. The van der Waals surface area contributed by atoms with Crippen molar-refractivity contribution in [2.45, 2.75) is 32.7 Å². The van der Waals surface area contributed by atoms with Crippen LogP contribution in [0.15, 0.2) is 41.2 Å². The number of quaternary nitrogens is 1. The van der Waals surface area contributed by atoms with E-state index in [9.17, 15) is 4.79 Å². The van der Waals surface area contributed by atoms with Crippen LogP contribution in [0.25, 0.3) is 11.3 Å². The average molecular weight is 298 g/mol. The number of rotatable bonds is 4. The minimum absolute atomic E-state index is 0.00579. The Morgan fingerprint density at radius 1 is 1.09 bits per heavy atom. The van der Waals surface area contributed by atoms with Crippen molar-refractivity contribution in [2.24, 2.45) is 0 Å². The molecular formula is C18H24N3O+. The number of piperidine rings is 1. The monoisotopic (exact) mass is 298 g/mol. The number of aromatic nitrogens is 2. The van der Waals surface area contributed by atoms with Gasteiger partial charge in [-0.25, -0.2) is 4.68 Å². The molecule has 1 N–H and O–H groups in total. The summed E-state index contributed by atoms with van der Waals surface area (Å²) in [5, 5.41) is 4.58. The van der Waals surface area contributed by atoms with Crippen LogP contribution < -0.4 is 10.5 Å². The van der Waals surface area contributed by atoms with Crippen LogP contribution in [-0.2, 0) is 6.54 Å². The molecule has 116 valence electrons. The van der Waals surface area contributed by atoms with E-state index in [1.54, 1.807) is 15.6 Å². The van der Waals surface area contributed by atoms with Gasteiger partial charge in [0.2, 0.25) is 0 Å². The van der Waals surface area contributed by atoms with E-state index in [0.29, 0.717) is 6.54 Å². The summed E-state index contributed by atoms with van der Waals surface area (Å²) in [6, 6.07) is 11.6. The highest BCUT2D eigenvalue weighted by molar-refractivity contribution is 5.62. The first kappa shape index (κ1) is 15.0. The maximum Gasteiger partial charge on any atom is 0.266 e. The summed E-state index contributed by atoms with van der Waals surface area (Å²) in [6.07, 6.45) is 3.96. The molecule has 2 heterocycles. The maximum atomic E-state index is 12.1. The number of aryl methyl sites for hydroxylation is 1. The summed E-state index contributed by atoms with van der Waals surface area (Å²) in [5.74, 6) is 0. The predicted molar refractivity (Wildman–Crippen MR) is 88.1 cm³/mol. The lowest BCUT2D eigenvalue weighted by Gasteiger charge is -2.23. The molecule has 0 atom stereocenters. The standard InChI is InChI=1S/C18H23N3O/c1-15-7-3-4-8-16(15)17-9-10-18(22)21(19-17)14-13-20-11-5-2-6-12-20/h3-4,7-10H,2,5-6,11-14H2,1H3/p+1. The van der Waals surface area contributed by atoms with E-state index in [4.69, 9.17) is 0 Å². The topological polar surface area (TPSA) is 39.3 Å². The van der Waals surface area contributed by atoms with E-state index in [1.165, 1.54) is 37.9 Å². The summed E-state index contributed by atoms with van der Waals surface area (Å²) in [7, 11) is 0. The number of nitrogens with zero attached hydrogens (tertiary/aromatic N) is 2. The van der Waals surface area contributed by atoms with E-state index in [0.717, 1.165) is 17.8 Å². The second-order valence-electron chi connectivity index (χ2n) is 6.16. The highest BCUT2D eigenvalue weighted by Crippen LogP contribution is 2.19. The first-order valence-electron chi connectivity index (χ1n) is 8.22. The second-order valence-corrected chi connectivity index (χ2v) is 6.16. The van der Waals surface area contributed by atoms with Gasteiger partial charge < -0.3 is 4.90 Å². The smallest absolute Gasteiger partial charge is 0.266 e. The number of likely N-dealkylation sites (tertiary alicyclic amines) is 1.